The van der Waals surface area contributed by atoms with Crippen LogP contribution in [-0.2, 0) is 51.9 Å². The topological polar surface area (TPSA) is 172 Å². The molecule has 240 valence electrons. The molecule has 1 heterocycles. The van der Waals surface area contributed by atoms with Crippen molar-refractivity contribution in [3.05, 3.63) is 0 Å². The lowest BCUT2D eigenvalue weighted by atomic mass is 9.96. The number of unbranched alkanes of at least 4 members (excludes halogenated alkanes) is 1. The fraction of sp³-hybridized carbons (Fsp3) is 0.815. The van der Waals surface area contributed by atoms with Crippen LogP contribution in [0.4, 0.5) is 0 Å². The van der Waals surface area contributed by atoms with E-state index in [1.165, 1.54) is 27.7 Å². The normalized spacial score (nSPS) is 22.9. The Hall–Kier alpha value is -2.40. The van der Waals surface area contributed by atoms with Gasteiger partial charge < -0.3 is 38.0 Å². The number of carbonyl (C=O) groups excluding carboxylic acids is 4. The average molecular weight is 620 g/mol. The van der Waals surface area contributed by atoms with Crippen molar-refractivity contribution in [3.8, 4) is 6.07 Å². The monoisotopic (exact) mass is 619 g/mol. The van der Waals surface area contributed by atoms with Gasteiger partial charge in [-0.1, -0.05) is 0 Å². The molecule has 0 aromatic heterocycles. The molecule has 0 bridgehead atoms. The molecule has 1 rings (SSSR count). The third kappa shape index (κ3) is 13.7. The zero-order chi connectivity index (χ0) is 31.8. The van der Waals surface area contributed by atoms with Gasteiger partial charge in [0, 0.05) is 46.4 Å². The van der Waals surface area contributed by atoms with Crippen molar-refractivity contribution in [2.75, 3.05) is 26.4 Å². The first-order valence-corrected chi connectivity index (χ1v) is 15.1. The predicted octanol–water partition coefficient (Wildman–Crippen LogP) is 2.73. The van der Waals surface area contributed by atoms with Crippen LogP contribution in [0.15, 0.2) is 0 Å². The molecule has 1 fully saturated rings. The maximum Gasteiger partial charge on any atom is 0.303 e. The molecule has 0 aromatic carbocycles. The third-order valence-electron chi connectivity index (χ3n) is 5.76. The third-order valence-corrected chi connectivity index (χ3v) is 7.86. The van der Waals surface area contributed by atoms with Crippen LogP contribution in [0.2, 0.25) is 0 Å². The Morgan fingerprint density at radius 1 is 0.881 bits per heavy atom. The van der Waals surface area contributed by atoms with E-state index in [1.807, 2.05) is 0 Å². The van der Waals surface area contributed by atoms with Crippen molar-refractivity contribution in [3.63, 3.8) is 0 Å². The maximum absolute atomic E-state index is 12.1. The standard InChI is InChI=1S/C27H46N3O11P/c1-17(2)30(18(3)4)42(38-15-11-12-28)37-14-10-9-13-35-27-24(29-19(5)31)26(40-22(8)34)25(39-21(7)33)23(41-27)16-36-20(6)32/h17-18,23-27H,9-11,13-16H2,1-8H3,(H,29,31)/t23?,24?,25-,26?,27?,42?/m0/s1. The molecule has 1 aliphatic rings. The van der Waals surface area contributed by atoms with E-state index in [1.54, 1.807) is 0 Å². The Balaban J connectivity index is 2.94. The summed E-state index contributed by atoms with van der Waals surface area (Å²) >= 11 is 0. The second-order valence-electron chi connectivity index (χ2n) is 10.2. The van der Waals surface area contributed by atoms with Gasteiger partial charge in [0.15, 0.2) is 18.5 Å². The van der Waals surface area contributed by atoms with Crippen LogP contribution in [-0.4, -0.2) is 97.6 Å². The molecule has 0 aromatic rings. The van der Waals surface area contributed by atoms with E-state index in [4.69, 9.17) is 38.0 Å². The summed E-state index contributed by atoms with van der Waals surface area (Å²) in [6, 6.07) is 1.41. The molecular weight excluding hydrogens is 573 g/mol. The Labute approximate surface area is 249 Å². The highest BCUT2D eigenvalue weighted by molar-refractivity contribution is 7.44. The number of rotatable bonds is 18. The van der Waals surface area contributed by atoms with E-state index in [0.717, 1.165) is 0 Å². The van der Waals surface area contributed by atoms with Gasteiger partial charge in [0.05, 0.1) is 25.7 Å². The SMILES string of the molecule is CC(=O)NC1C(OCCCCOP(OCCC#N)N(C(C)C)C(C)C)OC(COC(C)=O)[C@H](OC(C)=O)C1OC(C)=O. The van der Waals surface area contributed by atoms with Gasteiger partial charge >= 0.3 is 17.9 Å². The summed E-state index contributed by atoms with van der Waals surface area (Å²) in [5, 5.41) is 11.5. The lowest BCUT2D eigenvalue weighted by Gasteiger charge is -2.44. The van der Waals surface area contributed by atoms with Crippen LogP contribution < -0.4 is 5.32 Å². The van der Waals surface area contributed by atoms with Crippen LogP contribution >= 0.6 is 8.53 Å². The molecule has 6 atom stereocenters. The first kappa shape index (κ1) is 37.6. The number of hydrogen-bond acceptors (Lipinski definition) is 13. The van der Waals surface area contributed by atoms with E-state index in [9.17, 15) is 19.2 Å². The molecule has 0 aliphatic carbocycles. The minimum Gasteiger partial charge on any atom is -0.463 e. The summed E-state index contributed by atoms with van der Waals surface area (Å²) in [6.45, 7) is 13.6. The van der Waals surface area contributed by atoms with Crippen molar-refractivity contribution in [1.29, 1.82) is 5.26 Å². The highest BCUT2D eigenvalue weighted by Crippen LogP contribution is 2.46. The fourth-order valence-electron chi connectivity index (χ4n) is 4.29. The van der Waals surface area contributed by atoms with Crippen LogP contribution in [0.1, 0.15) is 74.7 Å². The number of nitrogens with zero attached hydrogens (tertiary/aromatic N) is 2. The second kappa shape index (κ2) is 19.7. The smallest absolute Gasteiger partial charge is 0.303 e. The van der Waals surface area contributed by atoms with Gasteiger partial charge in [-0.25, -0.2) is 4.67 Å². The molecular formula is C27H46N3O11P. The Morgan fingerprint density at radius 3 is 1.98 bits per heavy atom. The Kier molecular flexibility index (Phi) is 17.7. The van der Waals surface area contributed by atoms with E-state index in [2.05, 4.69) is 43.8 Å². The molecule has 14 nitrogen and oxygen atoms in total. The van der Waals surface area contributed by atoms with Gasteiger partial charge in [-0.3, -0.25) is 19.2 Å². The quantitative estimate of drug-likeness (QED) is 0.103. The molecule has 0 saturated carbocycles. The van der Waals surface area contributed by atoms with E-state index >= 15 is 0 Å². The van der Waals surface area contributed by atoms with Gasteiger partial charge in [-0.2, -0.15) is 5.26 Å². The van der Waals surface area contributed by atoms with E-state index < -0.39 is 63.0 Å². The zero-order valence-corrected chi connectivity index (χ0v) is 26.7. The minimum absolute atomic E-state index is 0.177. The maximum atomic E-state index is 12.1. The van der Waals surface area contributed by atoms with Gasteiger partial charge in [-0.05, 0) is 40.5 Å². The van der Waals surface area contributed by atoms with Gasteiger partial charge in [0.2, 0.25) is 5.91 Å². The zero-order valence-electron chi connectivity index (χ0n) is 25.8. The van der Waals surface area contributed by atoms with Crippen molar-refractivity contribution >= 4 is 32.3 Å². The van der Waals surface area contributed by atoms with Crippen LogP contribution in [0, 0.1) is 11.3 Å². The number of hydrogen-bond donors (Lipinski definition) is 1. The number of ether oxygens (including phenoxy) is 5. The largest absolute Gasteiger partial charge is 0.463 e. The number of nitrogens with one attached hydrogen (secondary N) is 1. The first-order chi connectivity index (χ1) is 19.8. The average Bonchev–Trinajstić information content (AvgIpc) is 2.86. The summed E-state index contributed by atoms with van der Waals surface area (Å²) in [5.74, 6) is -2.40. The fourth-order valence-corrected chi connectivity index (χ4v) is 5.92. The van der Waals surface area contributed by atoms with E-state index in [0.29, 0.717) is 19.4 Å². The minimum atomic E-state index is -1.37. The molecule has 42 heavy (non-hydrogen) atoms. The lowest BCUT2D eigenvalue weighted by molar-refractivity contribution is -0.277. The first-order valence-electron chi connectivity index (χ1n) is 14.0. The second-order valence-corrected chi connectivity index (χ2v) is 11.6. The molecule has 0 spiro atoms. The molecule has 1 aliphatic heterocycles. The molecule has 1 saturated heterocycles. The van der Waals surface area contributed by atoms with Gasteiger partial charge in [0.25, 0.3) is 8.53 Å². The summed E-state index contributed by atoms with van der Waals surface area (Å²) < 4.78 is 42.0. The molecule has 15 heteroatoms. The highest BCUT2D eigenvalue weighted by atomic mass is 31.2. The Bertz CT molecular complexity index is 906. The number of carbonyl (C=O) groups is 4. The summed E-state index contributed by atoms with van der Waals surface area (Å²) in [5.41, 5.74) is 0. The highest BCUT2D eigenvalue weighted by Gasteiger charge is 2.51. The van der Waals surface area contributed by atoms with Crippen molar-refractivity contribution in [2.24, 2.45) is 0 Å². The number of nitriles is 1. The van der Waals surface area contributed by atoms with Crippen molar-refractivity contribution in [2.45, 2.75) is 117 Å². The van der Waals surface area contributed by atoms with Crippen LogP contribution in [0.3, 0.4) is 0 Å². The van der Waals surface area contributed by atoms with Crippen LogP contribution in [0.5, 0.6) is 0 Å². The summed E-state index contributed by atoms with van der Waals surface area (Å²) in [6.07, 6.45) is -3.10. The van der Waals surface area contributed by atoms with Gasteiger partial charge in [0.1, 0.15) is 18.8 Å². The number of esters is 3. The molecule has 0 radical (unpaired) electrons. The van der Waals surface area contributed by atoms with Gasteiger partial charge in [-0.15, -0.1) is 0 Å². The summed E-state index contributed by atoms with van der Waals surface area (Å²) in [4.78, 5) is 47.4. The molecule has 1 amide bonds. The van der Waals surface area contributed by atoms with Crippen LogP contribution in [0.25, 0.3) is 0 Å². The molecule has 1 N–H and O–H groups in total. The van der Waals surface area contributed by atoms with Crippen molar-refractivity contribution < 1.29 is 51.9 Å². The van der Waals surface area contributed by atoms with Crippen molar-refractivity contribution in [1.82, 2.24) is 9.99 Å². The summed E-state index contributed by atoms with van der Waals surface area (Å²) in [7, 11) is -1.37. The Morgan fingerprint density at radius 2 is 1.45 bits per heavy atom. The van der Waals surface area contributed by atoms with E-state index in [-0.39, 0.29) is 38.3 Å². The predicted molar refractivity (Wildman–Crippen MR) is 150 cm³/mol. The molecule has 5 unspecified atom stereocenters. The lowest BCUT2D eigenvalue weighted by Crippen LogP contribution is -2.66. The number of amides is 1.